The summed E-state index contributed by atoms with van der Waals surface area (Å²) < 4.78 is 8.52. The highest BCUT2D eigenvalue weighted by atomic mass is 79.9. The lowest BCUT2D eigenvalue weighted by Crippen LogP contribution is -2.06. The van der Waals surface area contributed by atoms with Crippen LogP contribution in [0.2, 0.25) is 0 Å². The van der Waals surface area contributed by atoms with Crippen LogP contribution in [0.5, 0.6) is 5.75 Å². The first kappa shape index (κ1) is 14.0. The summed E-state index contributed by atoms with van der Waals surface area (Å²) in [7, 11) is 1.89. The molecule has 1 atom stereocenters. The summed E-state index contributed by atoms with van der Waals surface area (Å²) in [6.07, 6.45) is -0.579. The molecule has 1 N–H and O–H groups in total. The molecule has 1 aromatic heterocycles. The second-order valence-corrected chi connectivity index (χ2v) is 5.28. The van der Waals surface area contributed by atoms with Gasteiger partial charge in [0.2, 0.25) is 0 Å². The highest BCUT2D eigenvalue weighted by molar-refractivity contribution is 9.10. The van der Waals surface area contributed by atoms with E-state index >= 15 is 0 Å². The molecule has 0 unspecified atom stereocenters. The number of halogens is 1. The lowest BCUT2D eigenvalue weighted by Gasteiger charge is -2.13. The molecule has 0 radical (unpaired) electrons. The Morgan fingerprint density at radius 2 is 2.16 bits per heavy atom. The molecule has 0 saturated heterocycles. The summed E-state index contributed by atoms with van der Waals surface area (Å²) in [5, 5.41) is 17.7. The minimum atomic E-state index is -0.579. The Labute approximate surface area is 120 Å². The molecule has 2 rings (SSSR count). The zero-order valence-electron chi connectivity index (χ0n) is 11.1. The van der Waals surface area contributed by atoms with Crippen LogP contribution < -0.4 is 4.74 Å². The Hall–Kier alpha value is -1.40. The molecule has 1 heterocycles. The van der Waals surface area contributed by atoms with Crippen LogP contribution in [0.25, 0.3) is 0 Å². The van der Waals surface area contributed by atoms with Gasteiger partial charge in [0.25, 0.3) is 0 Å². The number of aryl methyl sites for hydroxylation is 1. The van der Waals surface area contributed by atoms with Crippen LogP contribution in [0.3, 0.4) is 0 Å². The Bertz CT molecular complexity index is 581. The highest BCUT2D eigenvalue weighted by Gasteiger charge is 2.12. The molecule has 0 aliphatic carbocycles. The molecule has 19 heavy (non-hydrogen) atoms. The third-order valence-corrected chi connectivity index (χ3v) is 3.46. The van der Waals surface area contributed by atoms with Crippen molar-refractivity contribution in [1.82, 2.24) is 14.8 Å². The van der Waals surface area contributed by atoms with Gasteiger partial charge in [-0.3, -0.25) is 0 Å². The lowest BCUT2D eigenvalue weighted by molar-refractivity contribution is 0.189. The molecule has 6 heteroatoms. The predicted molar refractivity (Wildman–Crippen MR) is 74.8 cm³/mol. The number of aliphatic hydroxyl groups is 1. The Balaban J connectivity index is 2.19. The number of benzene rings is 1. The van der Waals surface area contributed by atoms with Crippen LogP contribution in [-0.2, 0) is 13.7 Å². The fourth-order valence-corrected chi connectivity index (χ4v) is 2.04. The maximum absolute atomic E-state index is 9.72. The number of aliphatic hydroxyl groups excluding tert-OH is 1. The summed E-state index contributed by atoms with van der Waals surface area (Å²) >= 11 is 3.40. The van der Waals surface area contributed by atoms with E-state index in [0.717, 1.165) is 21.7 Å². The minimum Gasteiger partial charge on any atom is -0.485 e. The van der Waals surface area contributed by atoms with Gasteiger partial charge in [0.15, 0.2) is 5.82 Å². The lowest BCUT2D eigenvalue weighted by atomic mass is 10.1. The summed E-state index contributed by atoms with van der Waals surface area (Å²) in [6.45, 7) is 3.91. The van der Waals surface area contributed by atoms with Crippen molar-refractivity contribution in [1.29, 1.82) is 0 Å². The smallest absolute Gasteiger partial charge is 0.170 e. The van der Waals surface area contributed by atoms with Gasteiger partial charge in [-0.05, 0) is 26.0 Å². The fourth-order valence-electron chi connectivity index (χ4n) is 1.70. The van der Waals surface area contributed by atoms with Gasteiger partial charge in [0.05, 0.1) is 6.10 Å². The van der Waals surface area contributed by atoms with Crippen molar-refractivity contribution >= 4 is 15.9 Å². The van der Waals surface area contributed by atoms with Gasteiger partial charge in [0, 0.05) is 17.1 Å². The van der Waals surface area contributed by atoms with Crippen LogP contribution in [0.4, 0.5) is 0 Å². The Kier molecular flexibility index (Phi) is 4.21. The molecule has 0 aliphatic rings. The van der Waals surface area contributed by atoms with Crippen molar-refractivity contribution in [3.05, 3.63) is 39.9 Å². The first-order valence-corrected chi connectivity index (χ1v) is 6.73. The molecule has 102 valence electrons. The monoisotopic (exact) mass is 325 g/mol. The largest absolute Gasteiger partial charge is 0.485 e. The van der Waals surface area contributed by atoms with E-state index in [4.69, 9.17) is 4.74 Å². The van der Waals surface area contributed by atoms with Gasteiger partial charge in [-0.2, -0.15) is 0 Å². The van der Waals surface area contributed by atoms with Crippen LogP contribution in [0.1, 0.15) is 30.2 Å². The van der Waals surface area contributed by atoms with Crippen molar-refractivity contribution in [2.75, 3.05) is 0 Å². The van der Waals surface area contributed by atoms with Gasteiger partial charge >= 0.3 is 0 Å². The van der Waals surface area contributed by atoms with Crippen LogP contribution in [-0.4, -0.2) is 19.9 Å². The van der Waals surface area contributed by atoms with E-state index in [1.807, 2.05) is 36.7 Å². The van der Waals surface area contributed by atoms with E-state index in [1.165, 1.54) is 0 Å². The first-order valence-electron chi connectivity index (χ1n) is 5.94. The molecule has 0 amide bonds. The Morgan fingerprint density at radius 1 is 1.42 bits per heavy atom. The van der Waals surface area contributed by atoms with Crippen LogP contribution in [0.15, 0.2) is 22.7 Å². The second-order valence-electron chi connectivity index (χ2n) is 4.37. The molecule has 0 bridgehead atoms. The molecule has 5 nitrogen and oxygen atoms in total. The fraction of sp³-hybridized carbons (Fsp3) is 0.385. The summed E-state index contributed by atoms with van der Waals surface area (Å²) in [5.74, 6) is 2.22. The van der Waals surface area contributed by atoms with E-state index in [2.05, 4.69) is 26.1 Å². The predicted octanol–water partition coefficient (Wildman–Crippen LogP) is 2.52. The number of ether oxygens (including phenoxy) is 1. The van der Waals surface area contributed by atoms with Gasteiger partial charge in [-0.25, -0.2) is 0 Å². The summed E-state index contributed by atoms with van der Waals surface area (Å²) in [4.78, 5) is 0. The Morgan fingerprint density at radius 3 is 2.74 bits per heavy atom. The van der Waals surface area contributed by atoms with Crippen molar-refractivity contribution in [3.8, 4) is 5.75 Å². The maximum atomic E-state index is 9.72. The van der Waals surface area contributed by atoms with Crippen LogP contribution in [0, 0.1) is 6.92 Å². The van der Waals surface area contributed by atoms with E-state index in [-0.39, 0.29) is 0 Å². The van der Waals surface area contributed by atoms with E-state index in [9.17, 15) is 5.11 Å². The van der Waals surface area contributed by atoms with Crippen LogP contribution >= 0.6 is 15.9 Å². The topological polar surface area (TPSA) is 60.2 Å². The second kappa shape index (κ2) is 5.71. The molecule has 1 aromatic carbocycles. The minimum absolute atomic E-state index is 0.313. The number of hydrogen-bond acceptors (Lipinski definition) is 4. The molecule has 2 aromatic rings. The summed E-state index contributed by atoms with van der Waals surface area (Å²) in [6, 6.07) is 5.55. The van der Waals surface area contributed by atoms with Crippen molar-refractivity contribution < 1.29 is 9.84 Å². The number of aromatic nitrogens is 3. The van der Waals surface area contributed by atoms with Crippen molar-refractivity contribution in [2.45, 2.75) is 26.6 Å². The molecule has 0 fully saturated rings. The average molecular weight is 326 g/mol. The van der Waals surface area contributed by atoms with Gasteiger partial charge < -0.3 is 14.4 Å². The van der Waals surface area contributed by atoms with Crippen molar-refractivity contribution in [2.24, 2.45) is 7.05 Å². The molecule has 0 aliphatic heterocycles. The zero-order valence-corrected chi connectivity index (χ0v) is 12.7. The maximum Gasteiger partial charge on any atom is 0.170 e. The van der Waals surface area contributed by atoms with E-state index < -0.39 is 6.10 Å². The average Bonchev–Trinajstić information content (AvgIpc) is 2.67. The number of hydrogen-bond donors (Lipinski definition) is 1. The summed E-state index contributed by atoms with van der Waals surface area (Å²) in [5.41, 5.74) is 0.752. The van der Waals surface area contributed by atoms with Crippen molar-refractivity contribution in [3.63, 3.8) is 0 Å². The molecular weight excluding hydrogens is 310 g/mol. The quantitative estimate of drug-likeness (QED) is 0.938. The highest BCUT2D eigenvalue weighted by Crippen LogP contribution is 2.29. The first-order chi connectivity index (χ1) is 8.99. The molecular formula is C13H16BrN3O2. The van der Waals surface area contributed by atoms with E-state index in [0.29, 0.717) is 12.4 Å². The number of nitrogens with zero attached hydrogens (tertiary/aromatic N) is 3. The van der Waals surface area contributed by atoms with Gasteiger partial charge in [0.1, 0.15) is 18.2 Å². The SMILES string of the molecule is Cc1nnc(COc2cc(Br)ccc2[C@H](C)O)n1C. The molecule has 0 spiro atoms. The van der Waals surface area contributed by atoms with Gasteiger partial charge in [-0.1, -0.05) is 22.0 Å². The molecule has 0 saturated carbocycles. The zero-order chi connectivity index (χ0) is 14.0. The number of rotatable bonds is 4. The third-order valence-electron chi connectivity index (χ3n) is 2.97. The van der Waals surface area contributed by atoms with Gasteiger partial charge in [-0.15, -0.1) is 10.2 Å². The van der Waals surface area contributed by atoms with E-state index in [1.54, 1.807) is 6.92 Å². The third kappa shape index (κ3) is 3.13. The standard InChI is InChI=1S/C13H16BrN3O2/c1-8(18)11-5-4-10(14)6-12(11)19-7-13-16-15-9(2)17(13)3/h4-6,8,18H,7H2,1-3H3/t8-/m0/s1. The normalized spacial score (nSPS) is 12.5.